The minimum Gasteiger partial charge on any atom is -0.390 e. The zero-order valence-electron chi connectivity index (χ0n) is 13.4. The fourth-order valence-corrected chi connectivity index (χ4v) is 2.98. The van der Waals surface area contributed by atoms with Crippen LogP contribution in [0.5, 0.6) is 0 Å². The van der Waals surface area contributed by atoms with Crippen molar-refractivity contribution in [2.75, 3.05) is 26.2 Å². The van der Waals surface area contributed by atoms with Gasteiger partial charge in [-0.2, -0.15) is 0 Å². The third kappa shape index (κ3) is 7.28. The number of nitrogens with one attached hydrogen (secondary N) is 1. The van der Waals surface area contributed by atoms with Gasteiger partial charge in [-0.25, -0.2) is 0 Å². The molecule has 0 saturated heterocycles. The van der Waals surface area contributed by atoms with Crippen LogP contribution in [-0.4, -0.2) is 48.3 Å². The summed E-state index contributed by atoms with van der Waals surface area (Å²) in [6.45, 7) is 12.6. The van der Waals surface area contributed by atoms with Gasteiger partial charge in [0.15, 0.2) is 0 Å². The van der Waals surface area contributed by atoms with Crippen molar-refractivity contribution in [2.45, 2.75) is 65.5 Å². The molecule has 1 atom stereocenters. The molecule has 1 unspecified atom stereocenters. The van der Waals surface area contributed by atoms with Crippen molar-refractivity contribution < 1.29 is 5.11 Å². The smallest absolute Gasteiger partial charge is 0.0791 e. The summed E-state index contributed by atoms with van der Waals surface area (Å²) in [4.78, 5) is 2.53. The second-order valence-corrected chi connectivity index (χ2v) is 6.99. The van der Waals surface area contributed by atoms with E-state index in [0.29, 0.717) is 17.9 Å². The number of hydrogen-bond donors (Lipinski definition) is 2. The van der Waals surface area contributed by atoms with Crippen LogP contribution in [0.15, 0.2) is 0 Å². The monoisotopic (exact) mass is 270 g/mol. The Morgan fingerprint density at radius 3 is 2.16 bits per heavy atom. The highest BCUT2D eigenvalue weighted by molar-refractivity contribution is 4.80. The topological polar surface area (TPSA) is 35.5 Å². The van der Waals surface area contributed by atoms with Crippen LogP contribution in [0.4, 0.5) is 0 Å². The highest BCUT2D eigenvalue weighted by Crippen LogP contribution is 2.24. The first-order chi connectivity index (χ1) is 8.99. The van der Waals surface area contributed by atoms with Gasteiger partial charge in [0.05, 0.1) is 6.10 Å². The molecule has 0 aromatic rings. The maximum absolute atomic E-state index is 10.2. The summed E-state index contributed by atoms with van der Waals surface area (Å²) in [6, 6.07) is 0.710. The predicted molar refractivity (Wildman–Crippen MR) is 82.4 cm³/mol. The summed E-state index contributed by atoms with van der Waals surface area (Å²) < 4.78 is 0. The molecule has 1 aliphatic rings. The van der Waals surface area contributed by atoms with Gasteiger partial charge in [-0.1, -0.05) is 40.5 Å². The molecule has 114 valence electrons. The summed E-state index contributed by atoms with van der Waals surface area (Å²) in [7, 11) is 0. The quantitative estimate of drug-likeness (QED) is 0.676. The summed E-state index contributed by atoms with van der Waals surface area (Å²) >= 11 is 0. The van der Waals surface area contributed by atoms with Gasteiger partial charge in [-0.3, -0.25) is 4.90 Å². The molecule has 1 aliphatic carbocycles. The SMILES string of the molecule is CC(C)CNCC(O)CN(CC(C)C)C1CCCC1. The lowest BCUT2D eigenvalue weighted by atomic mass is 10.1. The molecule has 3 nitrogen and oxygen atoms in total. The molecule has 0 spiro atoms. The highest BCUT2D eigenvalue weighted by Gasteiger charge is 2.24. The van der Waals surface area contributed by atoms with Gasteiger partial charge in [0.2, 0.25) is 0 Å². The number of nitrogens with zero attached hydrogens (tertiary/aromatic N) is 1. The summed E-state index contributed by atoms with van der Waals surface area (Å²) in [5.41, 5.74) is 0. The minimum atomic E-state index is -0.238. The minimum absolute atomic E-state index is 0.238. The zero-order valence-corrected chi connectivity index (χ0v) is 13.4. The van der Waals surface area contributed by atoms with Gasteiger partial charge in [0.1, 0.15) is 0 Å². The normalized spacial score (nSPS) is 18.9. The van der Waals surface area contributed by atoms with Crippen LogP contribution >= 0.6 is 0 Å². The van der Waals surface area contributed by atoms with Gasteiger partial charge in [-0.15, -0.1) is 0 Å². The van der Waals surface area contributed by atoms with Crippen molar-refractivity contribution in [1.82, 2.24) is 10.2 Å². The lowest BCUT2D eigenvalue weighted by molar-refractivity contribution is 0.0789. The molecule has 0 aliphatic heterocycles. The molecule has 3 heteroatoms. The molecule has 1 fully saturated rings. The molecule has 0 bridgehead atoms. The lowest BCUT2D eigenvalue weighted by Gasteiger charge is -2.32. The maximum atomic E-state index is 10.2. The second kappa shape index (κ2) is 8.93. The number of hydrogen-bond acceptors (Lipinski definition) is 3. The largest absolute Gasteiger partial charge is 0.390 e. The van der Waals surface area contributed by atoms with E-state index in [-0.39, 0.29) is 6.10 Å². The van der Waals surface area contributed by atoms with E-state index in [0.717, 1.165) is 26.2 Å². The Hall–Kier alpha value is -0.120. The Labute approximate surface area is 119 Å². The van der Waals surface area contributed by atoms with Gasteiger partial charge in [-0.05, 0) is 31.2 Å². The molecule has 0 radical (unpaired) electrons. The summed E-state index contributed by atoms with van der Waals surface area (Å²) in [6.07, 6.45) is 5.12. The Morgan fingerprint density at radius 2 is 1.63 bits per heavy atom. The molecule has 19 heavy (non-hydrogen) atoms. The Kier molecular flexibility index (Phi) is 7.96. The van der Waals surface area contributed by atoms with E-state index >= 15 is 0 Å². The number of aliphatic hydroxyl groups excluding tert-OH is 1. The molecule has 0 aromatic heterocycles. The van der Waals surface area contributed by atoms with Crippen molar-refractivity contribution in [3.8, 4) is 0 Å². The fraction of sp³-hybridized carbons (Fsp3) is 1.00. The number of aliphatic hydroxyl groups is 1. The van der Waals surface area contributed by atoms with Crippen molar-refractivity contribution in [2.24, 2.45) is 11.8 Å². The van der Waals surface area contributed by atoms with Crippen LogP contribution in [0.3, 0.4) is 0 Å². The van der Waals surface area contributed by atoms with E-state index < -0.39 is 0 Å². The van der Waals surface area contributed by atoms with Crippen LogP contribution in [0, 0.1) is 11.8 Å². The average Bonchev–Trinajstić information content (AvgIpc) is 2.80. The van der Waals surface area contributed by atoms with E-state index in [1.807, 2.05) is 0 Å². The van der Waals surface area contributed by atoms with Gasteiger partial charge < -0.3 is 10.4 Å². The molecular weight excluding hydrogens is 236 g/mol. The van der Waals surface area contributed by atoms with Crippen LogP contribution in [-0.2, 0) is 0 Å². The summed E-state index contributed by atoms with van der Waals surface area (Å²) in [5, 5.41) is 13.6. The lowest BCUT2D eigenvalue weighted by Crippen LogP contribution is -2.44. The maximum Gasteiger partial charge on any atom is 0.0791 e. The molecule has 0 amide bonds. The van der Waals surface area contributed by atoms with Gasteiger partial charge >= 0.3 is 0 Å². The first-order valence-corrected chi connectivity index (χ1v) is 8.11. The summed E-state index contributed by atoms with van der Waals surface area (Å²) in [5.74, 6) is 1.32. The van der Waals surface area contributed by atoms with E-state index in [4.69, 9.17) is 0 Å². The molecule has 2 N–H and O–H groups in total. The first kappa shape index (κ1) is 16.9. The fourth-order valence-electron chi connectivity index (χ4n) is 2.98. The molecule has 0 heterocycles. The third-order valence-electron chi connectivity index (χ3n) is 3.82. The van der Waals surface area contributed by atoms with Gasteiger partial charge in [0, 0.05) is 25.7 Å². The Morgan fingerprint density at radius 1 is 1.00 bits per heavy atom. The molecular formula is C16H34N2O. The Bertz CT molecular complexity index is 225. The van der Waals surface area contributed by atoms with E-state index in [2.05, 4.69) is 37.9 Å². The standard InChI is InChI=1S/C16H34N2O/c1-13(2)9-17-10-16(19)12-18(11-14(3)4)15-7-5-6-8-15/h13-17,19H,5-12H2,1-4H3. The molecule has 1 rings (SSSR count). The van der Waals surface area contributed by atoms with Crippen molar-refractivity contribution in [3.63, 3.8) is 0 Å². The molecule has 0 aromatic carbocycles. The van der Waals surface area contributed by atoms with Crippen LogP contribution in [0.2, 0.25) is 0 Å². The van der Waals surface area contributed by atoms with Gasteiger partial charge in [0.25, 0.3) is 0 Å². The Balaban J connectivity index is 2.33. The average molecular weight is 270 g/mol. The number of rotatable bonds is 9. The van der Waals surface area contributed by atoms with Crippen LogP contribution in [0.1, 0.15) is 53.4 Å². The molecule has 1 saturated carbocycles. The first-order valence-electron chi connectivity index (χ1n) is 8.11. The van der Waals surface area contributed by atoms with E-state index in [1.165, 1.54) is 25.7 Å². The van der Waals surface area contributed by atoms with Crippen molar-refractivity contribution in [1.29, 1.82) is 0 Å². The highest BCUT2D eigenvalue weighted by atomic mass is 16.3. The second-order valence-electron chi connectivity index (χ2n) is 6.99. The van der Waals surface area contributed by atoms with Crippen LogP contribution in [0.25, 0.3) is 0 Å². The zero-order chi connectivity index (χ0) is 14.3. The van der Waals surface area contributed by atoms with Crippen molar-refractivity contribution in [3.05, 3.63) is 0 Å². The predicted octanol–water partition coefficient (Wildman–Crippen LogP) is 2.49. The van der Waals surface area contributed by atoms with Crippen LogP contribution < -0.4 is 5.32 Å². The van der Waals surface area contributed by atoms with Crippen molar-refractivity contribution >= 4 is 0 Å². The van der Waals surface area contributed by atoms with E-state index in [1.54, 1.807) is 0 Å². The van der Waals surface area contributed by atoms with E-state index in [9.17, 15) is 5.11 Å². The third-order valence-corrected chi connectivity index (χ3v) is 3.82.